The first-order valence-electron chi connectivity index (χ1n) is 11.2. The number of fused-ring (bicyclic) bond motifs is 1. The molecule has 1 aliphatic heterocycles. The molecule has 1 aromatic carbocycles. The number of anilines is 2. The molecule has 0 spiro atoms. The number of rotatable bonds is 5. The van der Waals surface area contributed by atoms with E-state index in [9.17, 15) is 14.0 Å². The Kier molecular flexibility index (Phi) is 6.43. The van der Waals surface area contributed by atoms with Gasteiger partial charge in [-0.1, -0.05) is 24.5 Å². The summed E-state index contributed by atoms with van der Waals surface area (Å²) in [5, 5.41) is 8.94. The Morgan fingerprint density at radius 2 is 2.11 bits per heavy atom. The molecule has 0 bridgehead atoms. The zero-order valence-electron chi connectivity index (χ0n) is 19.8. The Morgan fingerprint density at radius 1 is 1.31 bits per heavy atom. The maximum absolute atomic E-state index is 14.2. The molecule has 4 rings (SSSR count). The van der Waals surface area contributed by atoms with Crippen molar-refractivity contribution in [3.8, 4) is 23.1 Å². The minimum absolute atomic E-state index is 0.208. The van der Waals surface area contributed by atoms with E-state index in [4.69, 9.17) is 0 Å². The van der Waals surface area contributed by atoms with Crippen molar-refractivity contribution in [2.75, 3.05) is 11.9 Å². The number of carbonyl (C=O) groups is 2. The maximum Gasteiger partial charge on any atom is 0.255 e. The normalized spacial score (nSPS) is 12.6. The van der Waals surface area contributed by atoms with Crippen molar-refractivity contribution < 1.29 is 14.0 Å². The van der Waals surface area contributed by atoms with Gasteiger partial charge < -0.3 is 20.9 Å². The van der Waals surface area contributed by atoms with Crippen LogP contribution in [0.25, 0.3) is 11.3 Å². The molecule has 35 heavy (non-hydrogen) atoms. The van der Waals surface area contributed by atoms with E-state index in [1.54, 1.807) is 51.4 Å². The van der Waals surface area contributed by atoms with E-state index < -0.39 is 5.54 Å². The lowest BCUT2D eigenvalue weighted by atomic mass is 10.0. The summed E-state index contributed by atoms with van der Waals surface area (Å²) < 4.78 is 14.2. The van der Waals surface area contributed by atoms with Gasteiger partial charge in [0.15, 0.2) is 0 Å². The van der Waals surface area contributed by atoms with Crippen molar-refractivity contribution in [2.45, 2.75) is 32.7 Å². The number of aromatic nitrogens is 2. The summed E-state index contributed by atoms with van der Waals surface area (Å²) in [5.74, 6) is 5.31. The summed E-state index contributed by atoms with van der Waals surface area (Å²) in [4.78, 5) is 32.2. The highest BCUT2D eigenvalue weighted by atomic mass is 19.1. The first kappa shape index (κ1) is 23.8. The molecule has 0 saturated heterocycles. The number of hydrogen-bond donors (Lipinski definition) is 4. The largest absolute Gasteiger partial charge is 0.356 e. The number of pyridine rings is 1. The molecule has 4 N–H and O–H groups in total. The molecule has 178 valence electrons. The Balaban J connectivity index is 1.84. The van der Waals surface area contributed by atoms with Crippen molar-refractivity contribution in [1.29, 1.82) is 0 Å². The fraction of sp³-hybridized carbons (Fsp3) is 0.222. The van der Waals surface area contributed by atoms with E-state index in [1.165, 1.54) is 12.1 Å². The molecule has 0 saturated carbocycles. The highest BCUT2D eigenvalue weighted by Crippen LogP contribution is 2.38. The van der Waals surface area contributed by atoms with Gasteiger partial charge in [-0.05, 0) is 45.0 Å². The third kappa shape index (κ3) is 4.94. The SMILES string of the molecule is C=CC(=O)NC(C)(C)C#Cc1cnccc1-c1[nH]c2c(c1Nc1cccc(F)c1C)C(=O)NCC2. The average molecular weight is 472 g/mol. The summed E-state index contributed by atoms with van der Waals surface area (Å²) in [6.07, 6.45) is 5.09. The molecule has 0 unspecified atom stereocenters. The molecule has 2 amide bonds. The summed E-state index contributed by atoms with van der Waals surface area (Å²) in [6.45, 7) is 9.24. The second kappa shape index (κ2) is 9.47. The van der Waals surface area contributed by atoms with Crippen molar-refractivity contribution in [2.24, 2.45) is 0 Å². The lowest BCUT2D eigenvalue weighted by molar-refractivity contribution is -0.117. The number of nitrogens with zero attached hydrogens (tertiary/aromatic N) is 1. The highest BCUT2D eigenvalue weighted by Gasteiger charge is 2.28. The van der Waals surface area contributed by atoms with Crippen LogP contribution in [0.1, 0.15) is 41.0 Å². The topological polar surface area (TPSA) is 98.9 Å². The number of amides is 2. The summed E-state index contributed by atoms with van der Waals surface area (Å²) in [6, 6.07) is 6.58. The van der Waals surface area contributed by atoms with Crippen LogP contribution in [-0.4, -0.2) is 33.9 Å². The number of halogens is 1. The molecule has 0 fully saturated rings. The summed E-state index contributed by atoms with van der Waals surface area (Å²) >= 11 is 0. The Bertz CT molecular complexity index is 1390. The molecule has 0 aliphatic carbocycles. The average Bonchev–Trinajstić information content (AvgIpc) is 3.20. The van der Waals surface area contributed by atoms with Gasteiger partial charge in [-0.2, -0.15) is 0 Å². The molecule has 1 aliphatic rings. The van der Waals surface area contributed by atoms with Crippen LogP contribution < -0.4 is 16.0 Å². The van der Waals surface area contributed by atoms with Gasteiger partial charge in [0.05, 0.1) is 28.0 Å². The highest BCUT2D eigenvalue weighted by molar-refractivity contribution is 6.06. The van der Waals surface area contributed by atoms with Gasteiger partial charge in [0.2, 0.25) is 5.91 Å². The fourth-order valence-electron chi connectivity index (χ4n) is 3.91. The van der Waals surface area contributed by atoms with Crippen molar-refractivity contribution in [3.63, 3.8) is 0 Å². The molecule has 0 radical (unpaired) electrons. The molecule has 7 nitrogen and oxygen atoms in total. The van der Waals surface area contributed by atoms with Gasteiger partial charge >= 0.3 is 0 Å². The standard InChI is InChI=1S/C27H26FN5O2/c1-5-22(34)33-27(3,4)12-9-17-15-29-13-10-18(17)24-25(23-21(32-24)11-14-30-26(23)35)31-20-8-6-7-19(28)16(20)2/h5-8,10,13,15,31-32H,1,11,14H2,2-4H3,(H,30,35)(H,33,34). The van der Waals surface area contributed by atoms with Crippen LogP contribution in [0.15, 0.2) is 49.3 Å². The van der Waals surface area contributed by atoms with Crippen LogP contribution >= 0.6 is 0 Å². The second-order valence-corrected chi connectivity index (χ2v) is 8.76. The van der Waals surface area contributed by atoms with Crippen LogP contribution in [0.2, 0.25) is 0 Å². The van der Waals surface area contributed by atoms with E-state index in [0.717, 1.165) is 11.3 Å². The molecular weight excluding hydrogens is 445 g/mol. The molecule has 8 heteroatoms. The number of benzene rings is 1. The lowest BCUT2D eigenvalue weighted by Gasteiger charge is -2.18. The first-order chi connectivity index (χ1) is 16.7. The molecule has 3 aromatic rings. The van der Waals surface area contributed by atoms with Crippen LogP contribution in [0, 0.1) is 24.6 Å². The number of aromatic amines is 1. The first-order valence-corrected chi connectivity index (χ1v) is 11.2. The van der Waals surface area contributed by atoms with Gasteiger partial charge in [-0.3, -0.25) is 14.6 Å². The monoisotopic (exact) mass is 471 g/mol. The predicted octanol–water partition coefficient (Wildman–Crippen LogP) is 3.99. The van der Waals surface area contributed by atoms with E-state index >= 15 is 0 Å². The number of carbonyl (C=O) groups excluding carboxylic acids is 2. The van der Waals surface area contributed by atoms with Gasteiger partial charge in [-0.25, -0.2) is 4.39 Å². The zero-order valence-corrected chi connectivity index (χ0v) is 19.8. The number of hydrogen-bond acceptors (Lipinski definition) is 4. The fourth-order valence-corrected chi connectivity index (χ4v) is 3.91. The van der Waals surface area contributed by atoms with E-state index in [1.807, 2.05) is 0 Å². The minimum atomic E-state index is -0.812. The van der Waals surface area contributed by atoms with E-state index in [-0.39, 0.29) is 17.6 Å². The summed E-state index contributed by atoms with van der Waals surface area (Å²) in [5.41, 5.74) is 3.98. The van der Waals surface area contributed by atoms with Gasteiger partial charge in [0.1, 0.15) is 5.82 Å². The van der Waals surface area contributed by atoms with Gasteiger partial charge in [0.25, 0.3) is 5.91 Å². The van der Waals surface area contributed by atoms with Gasteiger partial charge in [0, 0.05) is 47.9 Å². The molecular formula is C27H26FN5O2. The van der Waals surface area contributed by atoms with E-state index in [2.05, 4.69) is 44.3 Å². The van der Waals surface area contributed by atoms with Crippen LogP contribution in [0.4, 0.5) is 15.8 Å². The third-order valence-corrected chi connectivity index (χ3v) is 5.71. The van der Waals surface area contributed by atoms with Crippen molar-refractivity contribution in [1.82, 2.24) is 20.6 Å². The number of nitrogens with one attached hydrogen (secondary N) is 4. The summed E-state index contributed by atoms with van der Waals surface area (Å²) in [7, 11) is 0. The Morgan fingerprint density at radius 3 is 2.89 bits per heavy atom. The smallest absolute Gasteiger partial charge is 0.255 e. The van der Waals surface area contributed by atoms with Gasteiger partial charge in [-0.15, -0.1) is 0 Å². The van der Waals surface area contributed by atoms with Crippen LogP contribution in [-0.2, 0) is 11.2 Å². The molecule has 3 heterocycles. The lowest BCUT2D eigenvalue weighted by Crippen LogP contribution is -2.41. The quantitative estimate of drug-likeness (QED) is 0.334. The van der Waals surface area contributed by atoms with Crippen LogP contribution in [0.3, 0.4) is 0 Å². The second-order valence-electron chi connectivity index (χ2n) is 8.76. The third-order valence-electron chi connectivity index (χ3n) is 5.71. The van der Waals surface area contributed by atoms with Crippen LogP contribution in [0.5, 0.6) is 0 Å². The van der Waals surface area contributed by atoms with Crippen molar-refractivity contribution >= 4 is 23.2 Å². The minimum Gasteiger partial charge on any atom is -0.356 e. The molecule has 2 aromatic heterocycles. The van der Waals surface area contributed by atoms with Crippen molar-refractivity contribution in [3.05, 3.63) is 77.5 Å². The predicted molar refractivity (Wildman–Crippen MR) is 134 cm³/mol. The molecule has 0 atom stereocenters. The maximum atomic E-state index is 14.2. The number of H-pyrrole nitrogens is 1. The Labute approximate surface area is 203 Å². The Hall–Kier alpha value is -4.38. The van der Waals surface area contributed by atoms with E-state index in [0.29, 0.717) is 46.7 Å². The zero-order chi connectivity index (χ0) is 25.2.